The minimum absolute atomic E-state index is 0.128. The molecule has 0 bridgehead atoms. The Morgan fingerprint density at radius 1 is 0.767 bits per heavy atom. The number of nitrogens with zero attached hydrogens (tertiary/aromatic N) is 1. The van der Waals surface area contributed by atoms with Gasteiger partial charge in [-0.25, -0.2) is 0 Å². The van der Waals surface area contributed by atoms with Gasteiger partial charge in [0.2, 0.25) is 0 Å². The number of rotatable bonds is 10. The third-order valence-corrected chi connectivity index (χ3v) is 5.74. The Morgan fingerprint density at radius 3 is 1.97 bits per heavy atom. The molecule has 12 heteroatoms. The maximum atomic E-state index is 10.0. The molecule has 1 heterocycles. The summed E-state index contributed by atoms with van der Waals surface area (Å²) in [6.07, 6.45) is -10.9. The van der Waals surface area contributed by atoms with Crippen LogP contribution in [0.2, 0.25) is 0 Å². The number of ether oxygens (including phenoxy) is 3. The van der Waals surface area contributed by atoms with Crippen molar-refractivity contribution in [1.29, 1.82) is 0 Å². The predicted molar refractivity (Wildman–Crippen MR) is 100 cm³/mol. The van der Waals surface area contributed by atoms with Crippen LogP contribution in [0, 0.1) is 5.92 Å². The average molecular weight is 441 g/mol. The van der Waals surface area contributed by atoms with Gasteiger partial charge in [-0.15, -0.1) is 0 Å². The molecule has 0 aromatic rings. The van der Waals surface area contributed by atoms with E-state index in [1.165, 1.54) is 0 Å². The Labute approximate surface area is 174 Å². The molecule has 1 aliphatic heterocycles. The molecule has 0 aromatic heterocycles. The summed E-state index contributed by atoms with van der Waals surface area (Å²) in [4.78, 5) is 1.84. The molecule has 2 fully saturated rings. The second-order valence-corrected chi connectivity index (χ2v) is 7.93. The SMILES string of the molecule is CN(CCO[C@H]1O[C@H](CO)[C@@H](O)[C@H](O)[C@@H]1O)CCO[C@H]1C[C@H](CO)[C@@H](O)[C@H](O)[C@@H]1O. The Balaban J connectivity index is 1.68. The molecule has 10 atom stereocenters. The third-order valence-electron chi connectivity index (χ3n) is 5.74. The van der Waals surface area contributed by atoms with Crippen LogP contribution in [0.1, 0.15) is 6.42 Å². The van der Waals surface area contributed by atoms with Gasteiger partial charge in [-0.05, 0) is 13.5 Å². The lowest BCUT2D eigenvalue weighted by atomic mass is 9.81. The fourth-order valence-corrected chi connectivity index (χ4v) is 3.63. The molecule has 0 amide bonds. The van der Waals surface area contributed by atoms with Gasteiger partial charge in [0.1, 0.15) is 36.6 Å². The highest BCUT2D eigenvalue weighted by molar-refractivity contribution is 4.93. The number of likely N-dealkylation sites (N-methyl/N-ethyl adjacent to an activating group) is 1. The van der Waals surface area contributed by atoms with Gasteiger partial charge in [-0.3, -0.25) is 0 Å². The van der Waals surface area contributed by atoms with Crippen molar-refractivity contribution in [2.24, 2.45) is 5.92 Å². The fraction of sp³-hybridized carbons (Fsp3) is 1.00. The first kappa shape index (κ1) is 25.8. The normalized spacial score (nSPS) is 42.6. The summed E-state index contributed by atoms with van der Waals surface area (Å²) in [5.74, 6) is -0.571. The van der Waals surface area contributed by atoms with Gasteiger partial charge in [0, 0.05) is 25.6 Å². The van der Waals surface area contributed by atoms with Crippen molar-refractivity contribution >= 4 is 0 Å². The first-order valence-corrected chi connectivity index (χ1v) is 10.1. The van der Waals surface area contributed by atoms with Gasteiger partial charge < -0.3 is 60.0 Å². The maximum Gasteiger partial charge on any atom is 0.186 e. The van der Waals surface area contributed by atoms with E-state index in [0.29, 0.717) is 13.1 Å². The van der Waals surface area contributed by atoms with Gasteiger partial charge in [-0.2, -0.15) is 0 Å². The monoisotopic (exact) mass is 441 g/mol. The molecule has 2 rings (SSSR count). The highest BCUT2D eigenvalue weighted by Crippen LogP contribution is 2.27. The summed E-state index contributed by atoms with van der Waals surface area (Å²) in [5.41, 5.74) is 0. The number of aliphatic hydroxyl groups excluding tert-OH is 8. The van der Waals surface area contributed by atoms with Gasteiger partial charge in [-0.1, -0.05) is 0 Å². The lowest BCUT2D eigenvalue weighted by molar-refractivity contribution is -0.301. The quantitative estimate of drug-likeness (QED) is 0.162. The molecule has 0 radical (unpaired) electrons. The minimum Gasteiger partial charge on any atom is -0.396 e. The van der Waals surface area contributed by atoms with E-state index in [4.69, 9.17) is 19.3 Å². The number of hydrogen-bond acceptors (Lipinski definition) is 12. The summed E-state index contributed by atoms with van der Waals surface area (Å²) in [7, 11) is 1.78. The van der Waals surface area contributed by atoms with Crippen molar-refractivity contribution < 1.29 is 55.1 Å². The largest absolute Gasteiger partial charge is 0.396 e. The van der Waals surface area contributed by atoms with E-state index in [1.807, 2.05) is 4.90 Å². The molecule has 2 aliphatic rings. The summed E-state index contributed by atoms with van der Waals surface area (Å²) in [6, 6.07) is 0. The van der Waals surface area contributed by atoms with Crippen LogP contribution in [0.4, 0.5) is 0 Å². The maximum absolute atomic E-state index is 10.0. The Hall–Kier alpha value is -0.480. The van der Waals surface area contributed by atoms with E-state index >= 15 is 0 Å². The van der Waals surface area contributed by atoms with Crippen LogP contribution in [-0.2, 0) is 14.2 Å². The molecule has 0 spiro atoms. The van der Waals surface area contributed by atoms with Gasteiger partial charge in [0.15, 0.2) is 6.29 Å². The lowest BCUT2D eigenvalue weighted by Crippen LogP contribution is -2.59. The molecule has 1 saturated heterocycles. The van der Waals surface area contributed by atoms with Crippen molar-refractivity contribution in [3.05, 3.63) is 0 Å². The van der Waals surface area contributed by atoms with E-state index in [1.54, 1.807) is 7.05 Å². The highest BCUT2D eigenvalue weighted by Gasteiger charge is 2.44. The minimum atomic E-state index is -1.49. The molecular weight excluding hydrogens is 406 g/mol. The predicted octanol–water partition coefficient (Wildman–Crippen LogP) is -4.79. The van der Waals surface area contributed by atoms with Crippen molar-refractivity contribution in [1.82, 2.24) is 4.90 Å². The van der Waals surface area contributed by atoms with E-state index in [2.05, 4.69) is 0 Å². The molecule has 0 unspecified atom stereocenters. The van der Waals surface area contributed by atoms with Crippen molar-refractivity contribution in [3.63, 3.8) is 0 Å². The van der Waals surface area contributed by atoms with Gasteiger partial charge in [0.25, 0.3) is 0 Å². The zero-order valence-electron chi connectivity index (χ0n) is 17.0. The lowest BCUT2D eigenvalue weighted by Gasteiger charge is -2.40. The van der Waals surface area contributed by atoms with E-state index < -0.39 is 67.6 Å². The van der Waals surface area contributed by atoms with E-state index in [0.717, 1.165) is 0 Å². The summed E-state index contributed by atoms with van der Waals surface area (Å²) in [5, 5.41) is 77.6. The van der Waals surface area contributed by atoms with Crippen molar-refractivity contribution in [3.8, 4) is 0 Å². The number of aliphatic hydroxyl groups is 8. The summed E-state index contributed by atoms with van der Waals surface area (Å²) >= 11 is 0. The molecule has 1 aliphatic carbocycles. The van der Waals surface area contributed by atoms with Crippen molar-refractivity contribution in [2.75, 3.05) is 46.6 Å². The van der Waals surface area contributed by atoms with Crippen molar-refractivity contribution in [2.45, 2.75) is 61.5 Å². The van der Waals surface area contributed by atoms with Crippen LogP contribution in [0.5, 0.6) is 0 Å². The van der Waals surface area contributed by atoms with Crippen LogP contribution in [-0.4, -0.2) is 147 Å². The fourth-order valence-electron chi connectivity index (χ4n) is 3.63. The van der Waals surface area contributed by atoms with Crippen LogP contribution in [0.3, 0.4) is 0 Å². The molecular formula is C18H35NO11. The Morgan fingerprint density at radius 2 is 1.37 bits per heavy atom. The van der Waals surface area contributed by atoms with Crippen LogP contribution < -0.4 is 0 Å². The van der Waals surface area contributed by atoms with Crippen LogP contribution in [0.15, 0.2) is 0 Å². The number of hydrogen-bond donors (Lipinski definition) is 8. The third kappa shape index (κ3) is 6.28. The highest BCUT2D eigenvalue weighted by atomic mass is 16.7. The van der Waals surface area contributed by atoms with Gasteiger partial charge >= 0.3 is 0 Å². The zero-order chi connectivity index (χ0) is 22.4. The van der Waals surface area contributed by atoms with Crippen LogP contribution >= 0.6 is 0 Å². The average Bonchev–Trinajstić information content (AvgIpc) is 2.73. The Bertz CT molecular complexity index is 455. The first-order chi connectivity index (χ1) is 14.2. The smallest absolute Gasteiger partial charge is 0.186 e. The second-order valence-electron chi connectivity index (χ2n) is 7.93. The Kier molecular flexibility index (Phi) is 10.3. The molecule has 1 saturated carbocycles. The molecule has 30 heavy (non-hydrogen) atoms. The summed E-state index contributed by atoms with van der Waals surface area (Å²) in [6.45, 7) is 0.357. The molecule has 178 valence electrons. The molecule has 8 N–H and O–H groups in total. The standard InChI is InChI=1S/C18H35NO11/c1-19(2-4-28-10-6-9(7-20)12(22)15(25)13(10)23)3-5-29-18-17(27)16(26)14(24)11(8-21)30-18/h9-18,20-27H,2-8H2,1H3/t9-,10+,11-,12-,13-,14-,15+,16+,17+,18+/m1/s1. The molecule has 0 aromatic carbocycles. The summed E-state index contributed by atoms with van der Waals surface area (Å²) < 4.78 is 16.3. The zero-order valence-corrected chi connectivity index (χ0v) is 17.0. The topological polar surface area (TPSA) is 193 Å². The molecule has 12 nitrogen and oxygen atoms in total. The van der Waals surface area contributed by atoms with E-state index in [-0.39, 0.29) is 26.2 Å². The van der Waals surface area contributed by atoms with Gasteiger partial charge in [0.05, 0.1) is 32.0 Å². The van der Waals surface area contributed by atoms with Crippen LogP contribution in [0.25, 0.3) is 0 Å². The van der Waals surface area contributed by atoms with E-state index in [9.17, 15) is 35.7 Å². The first-order valence-electron chi connectivity index (χ1n) is 10.1. The second kappa shape index (κ2) is 11.9.